The van der Waals surface area contributed by atoms with Gasteiger partial charge in [0.25, 0.3) is 0 Å². The Morgan fingerprint density at radius 3 is 2.62 bits per heavy atom. The van der Waals surface area contributed by atoms with E-state index in [1.54, 1.807) is 0 Å². The van der Waals surface area contributed by atoms with Crippen LogP contribution in [0.5, 0.6) is 0 Å². The van der Waals surface area contributed by atoms with Gasteiger partial charge in [-0.15, -0.1) is 0 Å². The summed E-state index contributed by atoms with van der Waals surface area (Å²) < 4.78 is 0. The van der Waals surface area contributed by atoms with E-state index in [0.717, 1.165) is 12.1 Å². The van der Waals surface area contributed by atoms with Crippen molar-refractivity contribution in [2.24, 2.45) is 0 Å². The Morgan fingerprint density at radius 1 is 1.06 bits per heavy atom. The molecule has 0 atom stereocenters. The number of pyridine rings is 1. The molecule has 0 bridgehead atoms. The molecule has 0 fully saturated rings. The maximum Gasteiger partial charge on any atom is 0.0375 e. The molecule has 16 heavy (non-hydrogen) atoms. The van der Waals surface area contributed by atoms with Crippen molar-refractivity contribution in [1.82, 2.24) is 4.98 Å². The summed E-state index contributed by atoms with van der Waals surface area (Å²) in [6, 6.07) is 10.9. The van der Waals surface area contributed by atoms with Crippen molar-refractivity contribution in [3.8, 4) is 0 Å². The standard InChI is InChI=1S/C15H17N/c1-11-5-4-6-14(7-11)9-15-8-13(3)16-10-12(15)2/h4-8,10H,9H2,1-3H3. The summed E-state index contributed by atoms with van der Waals surface area (Å²) in [6.07, 6.45) is 2.96. The van der Waals surface area contributed by atoms with Crippen LogP contribution in [0.1, 0.15) is 27.9 Å². The summed E-state index contributed by atoms with van der Waals surface area (Å²) in [6.45, 7) is 6.30. The molecule has 1 aromatic heterocycles. The molecule has 2 rings (SSSR count). The topological polar surface area (TPSA) is 12.9 Å². The van der Waals surface area contributed by atoms with Crippen molar-refractivity contribution in [3.63, 3.8) is 0 Å². The Bertz CT molecular complexity index is 501. The summed E-state index contributed by atoms with van der Waals surface area (Å²) in [7, 11) is 0. The third-order valence-corrected chi connectivity index (χ3v) is 2.83. The minimum Gasteiger partial charge on any atom is -0.261 e. The summed E-state index contributed by atoms with van der Waals surface area (Å²) in [5.74, 6) is 0. The number of benzene rings is 1. The molecule has 0 unspecified atom stereocenters. The van der Waals surface area contributed by atoms with Gasteiger partial charge in [0.05, 0.1) is 0 Å². The zero-order valence-corrected chi connectivity index (χ0v) is 10.1. The highest BCUT2D eigenvalue weighted by atomic mass is 14.7. The van der Waals surface area contributed by atoms with Crippen LogP contribution in [-0.2, 0) is 6.42 Å². The van der Waals surface area contributed by atoms with Gasteiger partial charge in [0.15, 0.2) is 0 Å². The second kappa shape index (κ2) is 4.48. The molecule has 1 nitrogen and oxygen atoms in total. The van der Waals surface area contributed by atoms with Crippen LogP contribution >= 0.6 is 0 Å². The van der Waals surface area contributed by atoms with Crippen molar-refractivity contribution in [3.05, 3.63) is 64.5 Å². The number of aryl methyl sites for hydroxylation is 3. The largest absolute Gasteiger partial charge is 0.261 e. The molecule has 82 valence electrons. The minimum atomic E-state index is 0.997. The van der Waals surface area contributed by atoms with Crippen molar-refractivity contribution in [1.29, 1.82) is 0 Å². The van der Waals surface area contributed by atoms with Crippen molar-refractivity contribution in [2.45, 2.75) is 27.2 Å². The van der Waals surface area contributed by atoms with E-state index in [1.165, 1.54) is 22.3 Å². The molecule has 0 amide bonds. The van der Waals surface area contributed by atoms with E-state index in [-0.39, 0.29) is 0 Å². The van der Waals surface area contributed by atoms with Crippen LogP contribution in [-0.4, -0.2) is 4.98 Å². The molecule has 0 aliphatic heterocycles. The van der Waals surface area contributed by atoms with Gasteiger partial charge in [-0.25, -0.2) is 0 Å². The molecule has 0 radical (unpaired) electrons. The summed E-state index contributed by atoms with van der Waals surface area (Å²) in [4.78, 5) is 4.30. The van der Waals surface area contributed by atoms with Crippen LogP contribution in [0.15, 0.2) is 36.5 Å². The first kappa shape index (κ1) is 10.9. The Hall–Kier alpha value is -1.63. The first-order valence-electron chi connectivity index (χ1n) is 5.63. The van der Waals surface area contributed by atoms with Gasteiger partial charge in [-0.1, -0.05) is 29.8 Å². The fraction of sp³-hybridized carbons (Fsp3) is 0.267. The second-order valence-corrected chi connectivity index (χ2v) is 4.42. The summed E-state index contributed by atoms with van der Waals surface area (Å²) in [5.41, 5.74) is 6.42. The molecule has 0 aliphatic carbocycles. The maximum absolute atomic E-state index is 4.30. The predicted molar refractivity (Wildman–Crippen MR) is 67.7 cm³/mol. The Balaban J connectivity index is 2.30. The van der Waals surface area contributed by atoms with Crippen molar-refractivity contribution < 1.29 is 0 Å². The highest BCUT2D eigenvalue weighted by molar-refractivity contribution is 5.33. The molecule has 0 N–H and O–H groups in total. The second-order valence-electron chi connectivity index (χ2n) is 4.42. The van der Waals surface area contributed by atoms with Crippen LogP contribution in [0.25, 0.3) is 0 Å². The molecule has 0 saturated carbocycles. The molecule has 1 aromatic carbocycles. The predicted octanol–water partition coefficient (Wildman–Crippen LogP) is 3.60. The van der Waals surface area contributed by atoms with Crippen molar-refractivity contribution >= 4 is 0 Å². The normalized spacial score (nSPS) is 10.4. The highest BCUT2D eigenvalue weighted by Gasteiger charge is 2.01. The first-order chi connectivity index (χ1) is 7.65. The van der Waals surface area contributed by atoms with E-state index >= 15 is 0 Å². The fourth-order valence-corrected chi connectivity index (χ4v) is 1.92. The van der Waals surface area contributed by atoms with Gasteiger partial charge in [0.1, 0.15) is 0 Å². The van der Waals surface area contributed by atoms with E-state index in [0.29, 0.717) is 0 Å². The smallest absolute Gasteiger partial charge is 0.0375 e. The minimum absolute atomic E-state index is 0.997. The number of aromatic nitrogens is 1. The Labute approximate surface area is 97.2 Å². The van der Waals surface area contributed by atoms with Crippen LogP contribution in [0, 0.1) is 20.8 Å². The lowest BCUT2D eigenvalue weighted by atomic mass is 10.0. The highest BCUT2D eigenvalue weighted by Crippen LogP contribution is 2.15. The molecule has 1 heteroatoms. The summed E-state index contributed by atoms with van der Waals surface area (Å²) in [5, 5.41) is 0. The number of rotatable bonds is 2. The Kier molecular flexibility index (Phi) is 3.04. The van der Waals surface area contributed by atoms with Gasteiger partial charge in [-0.05, 0) is 49.9 Å². The van der Waals surface area contributed by atoms with Gasteiger partial charge < -0.3 is 0 Å². The SMILES string of the molecule is Cc1cccc(Cc2cc(C)ncc2C)c1. The summed E-state index contributed by atoms with van der Waals surface area (Å²) >= 11 is 0. The van der Waals surface area contributed by atoms with E-state index in [9.17, 15) is 0 Å². The van der Waals surface area contributed by atoms with Gasteiger partial charge in [-0.2, -0.15) is 0 Å². The third-order valence-electron chi connectivity index (χ3n) is 2.83. The lowest BCUT2D eigenvalue weighted by Crippen LogP contribution is -1.95. The van der Waals surface area contributed by atoms with Crippen LogP contribution in [0.3, 0.4) is 0 Å². The lowest BCUT2D eigenvalue weighted by molar-refractivity contribution is 1.08. The monoisotopic (exact) mass is 211 g/mol. The quantitative estimate of drug-likeness (QED) is 0.739. The number of nitrogens with zero attached hydrogens (tertiary/aromatic N) is 1. The number of hydrogen-bond acceptors (Lipinski definition) is 1. The lowest BCUT2D eigenvalue weighted by Gasteiger charge is -2.07. The van der Waals surface area contributed by atoms with Crippen LogP contribution < -0.4 is 0 Å². The average Bonchev–Trinajstić information content (AvgIpc) is 2.24. The first-order valence-corrected chi connectivity index (χ1v) is 5.63. The zero-order valence-electron chi connectivity index (χ0n) is 10.1. The molecular weight excluding hydrogens is 194 g/mol. The maximum atomic E-state index is 4.30. The average molecular weight is 211 g/mol. The van der Waals surface area contributed by atoms with E-state index in [2.05, 4.69) is 49.2 Å². The van der Waals surface area contributed by atoms with Gasteiger partial charge in [0, 0.05) is 11.9 Å². The van der Waals surface area contributed by atoms with E-state index in [1.807, 2.05) is 13.1 Å². The van der Waals surface area contributed by atoms with Crippen LogP contribution in [0.4, 0.5) is 0 Å². The molecule has 2 aromatic rings. The molecule has 1 heterocycles. The van der Waals surface area contributed by atoms with Gasteiger partial charge in [0.2, 0.25) is 0 Å². The zero-order chi connectivity index (χ0) is 11.5. The van der Waals surface area contributed by atoms with Crippen LogP contribution in [0.2, 0.25) is 0 Å². The molecule has 0 saturated heterocycles. The molecule has 0 aliphatic rings. The van der Waals surface area contributed by atoms with Gasteiger partial charge >= 0.3 is 0 Å². The molecular formula is C15H17N. The van der Waals surface area contributed by atoms with Gasteiger partial charge in [-0.3, -0.25) is 4.98 Å². The van der Waals surface area contributed by atoms with E-state index in [4.69, 9.17) is 0 Å². The third kappa shape index (κ3) is 2.48. The van der Waals surface area contributed by atoms with E-state index < -0.39 is 0 Å². The van der Waals surface area contributed by atoms with Crippen molar-refractivity contribution in [2.75, 3.05) is 0 Å². The fourth-order valence-electron chi connectivity index (χ4n) is 1.92. The molecule has 0 spiro atoms. The Morgan fingerprint density at radius 2 is 1.88 bits per heavy atom. The number of hydrogen-bond donors (Lipinski definition) is 0.